The lowest BCUT2D eigenvalue weighted by molar-refractivity contribution is -0.387. The molecule has 3 aliphatic rings. The van der Waals surface area contributed by atoms with E-state index in [4.69, 9.17) is 14.6 Å². The van der Waals surface area contributed by atoms with E-state index in [1.165, 1.54) is 0 Å². The predicted molar refractivity (Wildman–Crippen MR) is 37.2 cm³/mol. The molecule has 2 bridgehead atoms. The quantitative estimate of drug-likeness (QED) is 0.434. The van der Waals surface area contributed by atoms with Crippen LogP contribution in [0.15, 0.2) is 0 Å². The van der Waals surface area contributed by atoms with E-state index < -0.39 is 24.6 Å². The van der Waals surface area contributed by atoms with Gasteiger partial charge in [-0.25, -0.2) is 0 Å². The summed E-state index contributed by atoms with van der Waals surface area (Å²) in [5, 5.41) is 27.8. The average molecular weight is 176 g/mol. The van der Waals surface area contributed by atoms with Crippen LogP contribution in [0, 0.1) is 5.92 Å². The number of hydrogen-bond acceptors (Lipinski definition) is 5. The normalized spacial score (nSPS) is 52.8. The molecule has 3 N–H and O–H groups in total. The topological polar surface area (TPSA) is 79.2 Å². The minimum absolute atomic E-state index is 0.173. The van der Waals surface area contributed by atoms with E-state index in [2.05, 4.69) is 0 Å². The predicted octanol–water partition coefficient (Wildman–Crippen LogP) is -1.93. The Hall–Kier alpha value is -0.200. The molecule has 70 valence electrons. The van der Waals surface area contributed by atoms with Gasteiger partial charge in [0.2, 0.25) is 5.79 Å². The highest BCUT2D eigenvalue weighted by molar-refractivity contribution is 4.96. The van der Waals surface area contributed by atoms with Crippen LogP contribution in [0.3, 0.4) is 0 Å². The van der Waals surface area contributed by atoms with Crippen molar-refractivity contribution in [2.24, 2.45) is 5.92 Å². The van der Waals surface area contributed by atoms with Crippen molar-refractivity contribution in [1.82, 2.24) is 0 Å². The fourth-order valence-electron chi connectivity index (χ4n) is 1.66. The number of aliphatic hydroxyl groups is 3. The Morgan fingerprint density at radius 1 is 1.25 bits per heavy atom. The first-order valence-corrected chi connectivity index (χ1v) is 3.94. The molecule has 0 aliphatic carbocycles. The van der Waals surface area contributed by atoms with E-state index in [1.54, 1.807) is 0 Å². The molecule has 3 rings (SSSR count). The van der Waals surface area contributed by atoms with Crippen LogP contribution in [0.25, 0.3) is 0 Å². The van der Waals surface area contributed by atoms with Crippen molar-refractivity contribution in [3.05, 3.63) is 0 Å². The fraction of sp³-hybridized carbons (Fsp3) is 1.00. The van der Waals surface area contributed by atoms with Gasteiger partial charge in [0.25, 0.3) is 0 Å². The zero-order valence-corrected chi connectivity index (χ0v) is 6.51. The molecule has 12 heavy (non-hydrogen) atoms. The van der Waals surface area contributed by atoms with Crippen molar-refractivity contribution in [3.63, 3.8) is 0 Å². The highest BCUT2D eigenvalue weighted by Crippen LogP contribution is 2.35. The van der Waals surface area contributed by atoms with Gasteiger partial charge in [0.15, 0.2) is 0 Å². The maximum atomic E-state index is 9.46. The Labute approximate surface area is 69.5 Å². The molecule has 2 atom stereocenters. The Morgan fingerprint density at radius 2 is 1.83 bits per heavy atom. The molecule has 5 nitrogen and oxygen atoms in total. The molecular formula is C7H12O5. The first-order chi connectivity index (χ1) is 5.69. The van der Waals surface area contributed by atoms with Crippen LogP contribution in [0.2, 0.25) is 0 Å². The third-order valence-corrected chi connectivity index (χ3v) is 2.56. The largest absolute Gasteiger partial charge is 0.391 e. The lowest BCUT2D eigenvalue weighted by Gasteiger charge is -2.50. The van der Waals surface area contributed by atoms with Gasteiger partial charge < -0.3 is 24.8 Å². The molecule has 0 saturated carbocycles. The third kappa shape index (κ3) is 0.915. The summed E-state index contributed by atoms with van der Waals surface area (Å²) in [5.74, 6) is -1.55. The van der Waals surface area contributed by atoms with Crippen LogP contribution in [0.1, 0.15) is 0 Å². The molecule has 0 aromatic rings. The minimum Gasteiger partial charge on any atom is -0.391 e. The van der Waals surface area contributed by atoms with E-state index >= 15 is 0 Å². The Morgan fingerprint density at radius 3 is 2.25 bits per heavy atom. The molecule has 3 fully saturated rings. The van der Waals surface area contributed by atoms with Crippen LogP contribution in [-0.4, -0.2) is 53.1 Å². The van der Waals surface area contributed by atoms with E-state index in [-0.39, 0.29) is 5.92 Å². The maximum absolute atomic E-state index is 9.46. The standard InChI is InChI=1S/C7H12O5/c8-3-7-6(10)5(9)4(1-11-7)2-12-7/h4-6,8-10H,1-3H2/t4?,5-,6+,7?/m1/s1. The van der Waals surface area contributed by atoms with Gasteiger partial charge in [-0.1, -0.05) is 0 Å². The zero-order valence-electron chi connectivity index (χ0n) is 6.51. The van der Waals surface area contributed by atoms with E-state index in [0.717, 1.165) is 0 Å². The minimum atomic E-state index is -1.38. The van der Waals surface area contributed by atoms with Gasteiger partial charge in [0.1, 0.15) is 12.7 Å². The number of fused-ring (bicyclic) bond motifs is 3. The van der Waals surface area contributed by atoms with Crippen LogP contribution < -0.4 is 0 Å². The Bertz CT molecular complexity index is 175. The van der Waals surface area contributed by atoms with Crippen LogP contribution in [0.5, 0.6) is 0 Å². The summed E-state index contributed by atoms with van der Waals surface area (Å²) >= 11 is 0. The van der Waals surface area contributed by atoms with Gasteiger partial charge in [-0.15, -0.1) is 0 Å². The summed E-state index contributed by atoms with van der Waals surface area (Å²) in [6.07, 6.45) is -1.99. The molecule has 5 heteroatoms. The number of hydrogen-bond donors (Lipinski definition) is 3. The third-order valence-electron chi connectivity index (χ3n) is 2.56. The molecule has 0 aromatic carbocycles. The lowest BCUT2D eigenvalue weighted by Crippen LogP contribution is -2.67. The van der Waals surface area contributed by atoms with E-state index in [9.17, 15) is 10.2 Å². The van der Waals surface area contributed by atoms with E-state index in [0.29, 0.717) is 13.2 Å². The van der Waals surface area contributed by atoms with Gasteiger partial charge in [0, 0.05) is 5.92 Å². The van der Waals surface area contributed by atoms with Crippen LogP contribution >= 0.6 is 0 Å². The van der Waals surface area contributed by atoms with E-state index in [1.807, 2.05) is 0 Å². The van der Waals surface area contributed by atoms with Crippen molar-refractivity contribution in [1.29, 1.82) is 0 Å². The monoisotopic (exact) mass is 176 g/mol. The highest BCUT2D eigenvalue weighted by atomic mass is 16.7. The van der Waals surface area contributed by atoms with Crippen LogP contribution in [-0.2, 0) is 9.47 Å². The van der Waals surface area contributed by atoms with Gasteiger partial charge in [0.05, 0.1) is 19.3 Å². The number of aliphatic hydroxyl groups excluding tert-OH is 3. The summed E-state index contributed by atoms with van der Waals surface area (Å²) in [4.78, 5) is 0. The molecule has 0 aromatic heterocycles. The molecular weight excluding hydrogens is 164 g/mol. The SMILES string of the molecule is OCC12OCC(CO1)[C@@H](O)[C@@H]2O. The first kappa shape index (κ1) is 8.40. The van der Waals surface area contributed by atoms with Gasteiger partial charge in [-0.2, -0.15) is 0 Å². The van der Waals surface area contributed by atoms with Crippen molar-refractivity contribution in [3.8, 4) is 0 Å². The molecule has 0 unspecified atom stereocenters. The molecule has 3 saturated heterocycles. The molecule has 0 amide bonds. The molecule has 0 radical (unpaired) electrons. The van der Waals surface area contributed by atoms with Crippen molar-refractivity contribution in [2.45, 2.75) is 18.0 Å². The summed E-state index contributed by atoms with van der Waals surface area (Å²) in [6.45, 7) is 0.232. The molecule has 0 spiro atoms. The summed E-state index contributed by atoms with van der Waals surface area (Å²) in [7, 11) is 0. The first-order valence-electron chi connectivity index (χ1n) is 3.94. The van der Waals surface area contributed by atoms with Gasteiger partial charge in [-0.3, -0.25) is 0 Å². The summed E-state index contributed by atoms with van der Waals surface area (Å²) < 4.78 is 10.2. The lowest BCUT2D eigenvalue weighted by atomic mass is 9.88. The highest BCUT2D eigenvalue weighted by Gasteiger charge is 2.55. The Balaban J connectivity index is 2.22. The second kappa shape index (κ2) is 2.65. The van der Waals surface area contributed by atoms with Crippen molar-refractivity contribution >= 4 is 0 Å². The van der Waals surface area contributed by atoms with Gasteiger partial charge >= 0.3 is 0 Å². The summed E-state index contributed by atoms with van der Waals surface area (Å²) in [6, 6.07) is 0. The smallest absolute Gasteiger partial charge is 0.221 e. The second-order valence-electron chi connectivity index (χ2n) is 3.29. The van der Waals surface area contributed by atoms with Crippen LogP contribution in [0.4, 0.5) is 0 Å². The van der Waals surface area contributed by atoms with Crippen molar-refractivity contribution in [2.75, 3.05) is 19.8 Å². The zero-order chi connectivity index (χ0) is 8.77. The number of ether oxygens (including phenoxy) is 2. The average Bonchev–Trinajstić information content (AvgIpc) is 2.14. The second-order valence-corrected chi connectivity index (χ2v) is 3.29. The maximum Gasteiger partial charge on any atom is 0.221 e. The van der Waals surface area contributed by atoms with Gasteiger partial charge in [-0.05, 0) is 0 Å². The molecule has 3 heterocycles. The van der Waals surface area contributed by atoms with Crippen molar-refractivity contribution < 1.29 is 24.8 Å². The Kier molecular flexibility index (Phi) is 1.85. The molecule has 3 aliphatic heterocycles. The number of rotatable bonds is 1. The fourth-order valence-corrected chi connectivity index (χ4v) is 1.66. The summed E-state index contributed by atoms with van der Waals surface area (Å²) in [5.41, 5.74) is 0.